The first-order chi connectivity index (χ1) is 14.9. The van der Waals surface area contributed by atoms with E-state index < -0.39 is 49.6 Å². The van der Waals surface area contributed by atoms with E-state index in [9.17, 15) is 15.3 Å². The molecule has 176 valence electrons. The fraction of sp³-hybridized carbons (Fsp3) is 0.909. The Kier molecular flexibility index (Phi) is 6.42. The van der Waals surface area contributed by atoms with E-state index in [1.165, 1.54) is 5.57 Å². The fourth-order valence-electron chi connectivity index (χ4n) is 5.49. The Labute approximate surface area is 182 Å². The normalized spacial score (nSPS) is 47.9. The van der Waals surface area contributed by atoms with Crippen molar-refractivity contribution in [3.8, 4) is 0 Å². The molecular formula is C22H34O9. The third-order valence-electron chi connectivity index (χ3n) is 7.12. The third kappa shape index (κ3) is 4.09. The maximum atomic E-state index is 10.3. The predicted molar refractivity (Wildman–Crippen MR) is 105 cm³/mol. The Morgan fingerprint density at radius 3 is 2.26 bits per heavy atom. The van der Waals surface area contributed by atoms with Gasteiger partial charge in [-0.2, -0.15) is 0 Å². The van der Waals surface area contributed by atoms with Crippen molar-refractivity contribution in [2.75, 3.05) is 6.61 Å². The molecule has 9 nitrogen and oxygen atoms in total. The molecule has 4 bridgehead atoms. The second-order valence-corrected chi connectivity index (χ2v) is 9.61. The van der Waals surface area contributed by atoms with E-state index in [0.717, 1.165) is 32.1 Å². The van der Waals surface area contributed by atoms with Gasteiger partial charge in [-0.1, -0.05) is 39.2 Å². The number of hydrogen-bond donors (Lipinski definition) is 3. The van der Waals surface area contributed by atoms with Gasteiger partial charge in [-0.15, -0.1) is 0 Å². The molecule has 3 N–H and O–H groups in total. The highest BCUT2D eigenvalue weighted by Gasteiger charge is 2.61. The van der Waals surface area contributed by atoms with Gasteiger partial charge in [0.2, 0.25) is 0 Å². The van der Waals surface area contributed by atoms with E-state index in [2.05, 4.69) is 19.9 Å². The van der Waals surface area contributed by atoms with Crippen molar-refractivity contribution in [2.24, 2.45) is 11.8 Å². The number of hydrogen-bond acceptors (Lipinski definition) is 9. The summed E-state index contributed by atoms with van der Waals surface area (Å²) in [5.74, 6) is 0.659. The van der Waals surface area contributed by atoms with E-state index in [1.54, 1.807) is 0 Å². The van der Waals surface area contributed by atoms with Crippen LogP contribution in [0.2, 0.25) is 0 Å². The quantitative estimate of drug-likeness (QED) is 0.352. The zero-order chi connectivity index (χ0) is 21.7. The highest BCUT2D eigenvalue weighted by Crippen LogP contribution is 2.43. The Bertz CT molecular complexity index is 649. The molecule has 4 aliphatic heterocycles. The Morgan fingerprint density at radius 2 is 1.55 bits per heavy atom. The molecule has 4 heterocycles. The summed E-state index contributed by atoms with van der Waals surface area (Å²) in [5, 5.41) is 30.4. The molecule has 6 aliphatic rings. The molecule has 8 atom stereocenters. The summed E-state index contributed by atoms with van der Waals surface area (Å²) in [6, 6.07) is 0. The summed E-state index contributed by atoms with van der Waals surface area (Å²) < 4.78 is 33.4. The van der Waals surface area contributed by atoms with Crippen molar-refractivity contribution in [1.82, 2.24) is 0 Å². The second-order valence-electron chi connectivity index (χ2n) is 9.61. The Hall–Kier alpha value is -0.620. The number of aliphatic hydroxyl groups excluding tert-OH is 3. The van der Waals surface area contributed by atoms with Crippen molar-refractivity contribution < 1.29 is 43.7 Å². The first-order valence-electron chi connectivity index (χ1n) is 11.6. The van der Waals surface area contributed by atoms with Crippen LogP contribution in [-0.4, -0.2) is 83.7 Å². The number of rotatable bonds is 9. The lowest BCUT2D eigenvalue weighted by Gasteiger charge is -2.56. The van der Waals surface area contributed by atoms with Gasteiger partial charge < -0.3 is 43.7 Å². The molecule has 6 unspecified atom stereocenters. The Morgan fingerprint density at radius 1 is 0.871 bits per heavy atom. The minimum Gasteiger partial charge on any atom is -0.387 e. The molecule has 0 spiro atoms. The van der Waals surface area contributed by atoms with Crippen LogP contribution >= 0.6 is 0 Å². The van der Waals surface area contributed by atoms with Crippen LogP contribution in [0.1, 0.15) is 46.0 Å². The van der Waals surface area contributed by atoms with Gasteiger partial charge in [0.15, 0.2) is 0 Å². The summed E-state index contributed by atoms with van der Waals surface area (Å²) in [5.41, 5.74) is 1.17. The number of unbranched alkanes of at least 4 members (excludes halogenated alkanes) is 3. The van der Waals surface area contributed by atoms with E-state index >= 15 is 0 Å². The van der Waals surface area contributed by atoms with Crippen molar-refractivity contribution >= 4 is 0 Å². The van der Waals surface area contributed by atoms with Crippen LogP contribution in [0.4, 0.5) is 0 Å². The summed E-state index contributed by atoms with van der Waals surface area (Å²) in [6.45, 7) is 2.76. The molecule has 9 heteroatoms. The van der Waals surface area contributed by atoms with E-state index in [0.29, 0.717) is 18.4 Å². The first-order valence-corrected chi connectivity index (χ1v) is 11.6. The van der Waals surface area contributed by atoms with Crippen LogP contribution in [0.25, 0.3) is 0 Å². The smallest absolute Gasteiger partial charge is 0.272 e. The van der Waals surface area contributed by atoms with Crippen LogP contribution in [0.3, 0.4) is 0 Å². The third-order valence-corrected chi connectivity index (χ3v) is 7.12. The maximum Gasteiger partial charge on any atom is 0.272 e. The van der Waals surface area contributed by atoms with Gasteiger partial charge in [0, 0.05) is 12.5 Å². The predicted octanol–water partition coefficient (Wildman–Crippen LogP) is 0.796. The van der Waals surface area contributed by atoms with Crippen LogP contribution < -0.4 is 0 Å². The molecule has 0 amide bonds. The summed E-state index contributed by atoms with van der Waals surface area (Å²) in [4.78, 5) is 0. The van der Waals surface area contributed by atoms with Crippen LogP contribution in [0, 0.1) is 11.8 Å². The highest BCUT2D eigenvalue weighted by atomic mass is 16.9. The maximum absolute atomic E-state index is 10.3. The standard InChI is InChI=1S/C22H34O9/c1-10(2)15-12-9-11(16(12)28-21(25)27-15)7-5-3-4-6-8-26-20-18-13(23)17-14(24)19(20)31-22(29-17)30-18/h9-11,13-25H,3-8H2,1-2H3/t11?,13?,14?,15-,16-,17?,18?,19?,20?,21?,22?/m0/s1. The molecular weight excluding hydrogens is 408 g/mol. The molecule has 5 fully saturated rings. The monoisotopic (exact) mass is 442 g/mol. The van der Waals surface area contributed by atoms with Gasteiger partial charge in [-0.25, -0.2) is 0 Å². The lowest BCUT2D eigenvalue weighted by atomic mass is 9.74. The minimum absolute atomic E-state index is 0.0155. The van der Waals surface area contributed by atoms with E-state index in [4.69, 9.17) is 28.4 Å². The van der Waals surface area contributed by atoms with Crippen LogP contribution in [0.5, 0.6) is 0 Å². The summed E-state index contributed by atoms with van der Waals surface area (Å²) in [7, 11) is 0. The van der Waals surface area contributed by atoms with Crippen LogP contribution in [-0.2, 0) is 28.4 Å². The SMILES string of the molecule is CC(C)[C@@H]1OC(O)O[C@@H]2C1=CC2CCCCCCOC1C2OC3OC(C2O)C(O)C1O3. The molecule has 4 saturated heterocycles. The molecule has 31 heavy (non-hydrogen) atoms. The minimum atomic E-state index is -1.13. The van der Waals surface area contributed by atoms with Crippen molar-refractivity contribution in [1.29, 1.82) is 0 Å². The molecule has 6 rings (SSSR count). The molecule has 0 aromatic rings. The molecule has 0 aromatic carbocycles. The zero-order valence-corrected chi connectivity index (χ0v) is 18.0. The van der Waals surface area contributed by atoms with Gasteiger partial charge in [0.25, 0.3) is 13.0 Å². The number of aliphatic hydroxyl groups is 3. The molecule has 0 radical (unpaired) electrons. The Balaban J connectivity index is 0.995. The van der Waals surface area contributed by atoms with Gasteiger partial charge >= 0.3 is 0 Å². The van der Waals surface area contributed by atoms with Gasteiger partial charge in [-0.05, 0) is 24.3 Å². The fourth-order valence-corrected chi connectivity index (χ4v) is 5.49. The highest BCUT2D eigenvalue weighted by molar-refractivity contribution is 5.30. The molecule has 2 aliphatic carbocycles. The van der Waals surface area contributed by atoms with Crippen molar-refractivity contribution in [2.45, 2.75) is 108 Å². The first kappa shape index (κ1) is 22.2. The van der Waals surface area contributed by atoms with Crippen molar-refractivity contribution in [3.05, 3.63) is 11.6 Å². The lowest BCUT2D eigenvalue weighted by Crippen LogP contribution is -2.75. The van der Waals surface area contributed by atoms with Gasteiger partial charge in [0.05, 0.1) is 12.2 Å². The zero-order valence-electron chi connectivity index (χ0n) is 18.0. The van der Waals surface area contributed by atoms with Crippen LogP contribution in [0.15, 0.2) is 11.6 Å². The largest absolute Gasteiger partial charge is 0.387 e. The van der Waals surface area contributed by atoms with E-state index in [1.807, 2.05) is 0 Å². The number of fused-ring (bicyclic) bond motifs is 1. The average molecular weight is 443 g/mol. The average Bonchev–Trinajstić information content (AvgIpc) is 2.73. The topological polar surface area (TPSA) is 116 Å². The lowest BCUT2D eigenvalue weighted by molar-refractivity contribution is -0.483. The second kappa shape index (κ2) is 8.96. The summed E-state index contributed by atoms with van der Waals surface area (Å²) >= 11 is 0. The molecule has 1 saturated carbocycles. The van der Waals surface area contributed by atoms with E-state index in [-0.39, 0.29) is 12.2 Å². The molecule has 0 aromatic heterocycles. The summed E-state index contributed by atoms with van der Waals surface area (Å²) in [6.07, 6.45) is 3.29. The van der Waals surface area contributed by atoms with Crippen molar-refractivity contribution in [3.63, 3.8) is 0 Å². The van der Waals surface area contributed by atoms with Gasteiger partial charge in [0.1, 0.15) is 36.6 Å². The number of ether oxygens (including phenoxy) is 6. The van der Waals surface area contributed by atoms with Gasteiger partial charge in [-0.3, -0.25) is 0 Å².